The number of ether oxygens (including phenoxy) is 1. The minimum Gasteiger partial charge on any atom is -0.465 e. The second kappa shape index (κ2) is 8.46. The first kappa shape index (κ1) is 20.1. The number of aryl methyl sites for hydroxylation is 1. The molecule has 1 aromatic carbocycles. The third-order valence-corrected chi connectivity index (χ3v) is 4.50. The van der Waals surface area contributed by atoms with Gasteiger partial charge in [0.1, 0.15) is 22.9 Å². The van der Waals surface area contributed by atoms with Crippen LogP contribution in [0.5, 0.6) is 0 Å². The van der Waals surface area contributed by atoms with Crippen molar-refractivity contribution in [2.45, 2.75) is 26.4 Å². The van der Waals surface area contributed by atoms with Crippen molar-refractivity contribution >= 4 is 33.5 Å². The molecule has 0 saturated carbocycles. The van der Waals surface area contributed by atoms with Crippen LogP contribution in [0.25, 0.3) is 0 Å². The molecule has 1 heterocycles. The zero-order valence-electron chi connectivity index (χ0n) is 14.9. The van der Waals surface area contributed by atoms with Gasteiger partial charge in [0, 0.05) is 4.47 Å². The van der Waals surface area contributed by atoms with Crippen molar-refractivity contribution in [3.8, 4) is 0 Å². The summed E-state index contributed by atoms with van der Waals surface area (Å²) in [6, 6.07) is 5.46. The Balaban J connectivity index is 2.03. The zero-order chi connectivity index (χ0) is 19.4. The first-order chi connectivity index (χ1) is 12.2. The minimum absolute atomic E-state index is 0.111. The number of esters is 1. The molecule has 0 aliphatic heterocycles. The lowest BCUT2D eigenvalue weighted by molar-refractivity contribution is -0.120. The lowest BCUT2D eigenvalue weighted by Gasteiger charge is -2.23. The lowest BCUT2D eigenvalue weighted by atomic mass is 10.2. The molecule has 0 fully saturated rings. The lowest BCUT2D eigenvalue weighted by Crippen LogP contribution is -2.39. The Bertz CT molecular complexity index is 822. The van der Waals surface area contributed by atoms with Gasteiger partial charge in [-0.15, -0.1) is 0 Å². The van der Waals surface area contributed by atoms with Crippen LogP contribution in [0, 0.1) is 12.7 Å². The maximum Gasteiger partial charge on any atom is 0.341 e. The number of hydrogen-bond acceptors (Lipinski definition) is 5. The van der Waals surface area contributed by atoms with Crippen LogP contribution >= 0.6 is 15.9 Å². The molecule has 6 nitrogen and oxygen atoms in total. The van der Waals surface area contributed by atoms with Gasteiger partial charge in [0.2, 0.25) is 5.91 Å². The van der Waals surface area contributed by atoms with Gasteiger partial charge in [0.15, 0.2) is 0 Å². The SMILES string of the molecule is COC(=O)c1cc(CN(C)C(C)C(=O)Nc2ccc(Br)cc2F)oc1C. The maximum absolute atomic E-state index is 13.9. The largest absolute Gasteiger partial charge is 0.465 e. The fourth-order valence-electron chi connectivity index (χ4n) is 2.35. The third-order valence-electron chi connectivity index (χ3n) is 4.01. The van der Waals surface area contributed by atoms with Gasteiger partial charge < -0.3 is 14.5 Å². The van der Waals surface area contributed by atoms with Gasteiger partial charge in [0.25, 0.3) is 0 Å². The number of nitrogens with zero attached hydrogens (tertiary/aromatic N) is 1. The zero-order valence-corrected chi connectivity index (χ0v) is 16.5. The molecule has 1 amide bonds. The molecule has 1 N–H and O–H groups in total. The molecule has 140 valence electrons. The average Bonchev–Trinajstić information content (AvgIpc) is 2.96. The number of nitrogens with one attached hydrogen (secondary N) is 1. The van der Waals surface area contributed by atoms with Crippen LogP contribution in [0.3, 0.4) is 0 Å². The summed E-state index contributed by atoms with van der Waals surface area (Å²) in [4.78, 5) is 25.7. The van der Waals surface area contributed by atoms with Gasteiger partial charge in [-0.25, -0.2) is 9.18 Å². The van der Waals surface area contributed by atoms with Gasteiger partial charge in [-0.2, -0.15) is 0 Å². The monoisotopic (exact) mass is 426 g/mol. The average molecular weight is 427 g/mol. The molecule has 0 saturated heterocycles. The smallest absolute Gasteiger partial charge is 0.341 e. The van der Waals surface area contributed by atoms with E-state index in [-0.39, 0.29) is 11.6 Å². The fraction of sp³-hybridized carbons (Fsp3) is 0.333. The highest BCUT2D eigenvalue weighted by molar-refractivity contribution is 9.10. The minimum atomic E-state index is -0.551. The molecule has 0 bridgehead atoms. The van der Waals surface area contributed by atoms with Crippen LogP contribution < -0.4 is 5.32 Å². The van der Waals surface area contributed by atoms with Crippen molar-refractivity contribution in [3.05, 3.63) is 51.6 Å². The van der Waals surface area contributed by atoms with Gasteiger partial charge in [0.05, 0.1) is 25.4 Å². The Hall–Kier alpha value is -2.19. The summed E-state index contributed by atoms with van der Waals surface area (Å²) in [5.74, 6) is -0.372. The summed E-state index contributed by atoms with van der Waals surface area (Å²) in [6.45, 7) is 3.67. The molecule has 1 aromatic heterocycles. The van der Waals surface area contributed by atoms with Gasteiger partial charge >= 0.3 is 5.97 Å². The standard InChI is InChI=1S/C18H20BrFN2O4/c1-10(17(23)21-16-6-5-12(19)7-15(16)20)22(3)9-13-8-14(11(2)26-13)18(24)25-4/h5-8,10H,9H2,1-4H3,(H,21,23). The Morgan fingerprint density at radius 3 is 2.69 bits per heavy atom. The molecule has 0 aliphatic rings. The van der Waals surface area contributed by atoms with E-state index in [1.165, 1.54) is 19.2 Å². The summed E-state index contributed by atoms with van der Waals surface area (Å²) in [6.07, 6.45) is 0. The fourth-order valence-corrected chi connectivity index (χ4v) is 2.68. The summed E-state index contributed by atoms with van der Waals surface area (Å²) in [5, 5.41) is 2.57. The molecule has 1 unspecified atom stereocenters. The molecule has 0 radical (unpaired) electrons. The van der Waals surface area contributed by atoms with Gasteiger partial charge in [-0.1, -0.05) is 15.9 Å². The van der Waals surface area contributed by atoms with Crippen molar-refractivity contribution in [2.75, 3.05) is 19.5 Å². The maximum atomic E-state index is 13.9. The topological polar surface area (TPSA) is 71.8 Å². The van der Waals surface area contributed by atoms with Crippen molar-refractivity contribution in [1.29, 1.82) is 0 Å². The van der Waals surface area contributed by atoms with E-state index in [0.29, 0.717) is 28.1 Å². The Morgan fingerprint density at radius 2 is 2.08 bits per heavy atom. The van der Waals surface area contributed by atoms with Crippen LogP contribution in [-0.4, -0.2) is 37.0 Å². The molecule has 1 atom stereocenters. The van der Waals surface area contributed by atoms with E-state index >= 15 is 0 Å². The highest BCUT2D eigenvalue weighted by Gasteiger charge is 2.22. The van der Waals surface area contributed by atoms with E-state index in [1.807, 2.05) is 0 Å². The summed E-state index contributed by atoms with van der Waals surface area (Å²) < 4.78 is 24.7. The van der Waals surface area contributed by atoms with Crippen LogP contribution in [0.15, 0.2) is 33.2 Å². The van der Waals surface area contributed by atoms with Crippen molar-refractivity contribution in [1.82, 2.24) is 4.90 Å². The van der Waals surface area contributed by atoms with Crippen LogP contribution in [-0.2, 0) is 16.1 Å². The number of methoxy groups -OCH3 is 1. The van der Waals surface area contributed by atoms with Crippen molar-refractivity contribution in [3.63, 3.8) is 0 Å². The highest BCUT2D eigenvalue weighted by Crippen LogP contribution is 2.21. The van der Waals surface area contributed by atoms with E-state index in [2.05, 4.69) is 21.2 Å². The van der Waals surface area contributed by atoms with Crippen LogP contribution in [0.1, 0.15) is 28.8 Å². The predicted octanol–water partition coefficient (Wildman–Crippen LogP) is 3.74. The van der Waals surface area contributed by atoms with E-state index < -0.39 is 17.8 Å². The first-order valence-electron chi connectivity index (χ1n) is 7.86. The number of benzene rings is 1. The van der Waals surface area contributed by atoms with Gasteiger partial charge in [-0.3, -0.25) is 9.69 Å². The molecule has 0 aliphatic carbocycles. The van der Waals surface area contributed by atoms with Crippen LogP contribution in [0.4, 0.5) is 10.1 Å². The molecule has 0 spiro atoms. The molecule has 2 rings (SSSR count). The number of amides is 1. The highest BCUT2D eigenvalue weighted by atomic mass is 79.9. The molecule has 8 heteroatoms. The van der Waals surface area contributed by atoms with E-state index in [0.717, 1.165) is 0 Å². The Kier molecular flexibility index (Phi) is 6.55. The predicted molar refractivity (Wildman–Crippen MR) is 98.4 cm³/mol. The van der Waals surface area contributed by atoms with Crippen LogP contribution in [0.2, 0.25) is 0 Å². The number of halogens is 2. The second-order valence-corrected chi connectivity index (χ2v) is 6.79. The summed E-state index contributed by atoms with van der Waals surface area (Å²) in [7, 11) is 3.03. The quantitative estimate of drug-likeness (QED) is 0.712. The molecule has 26 heavy (non-hydrogen) atoms. The number of anilines is 1. The second-order valence-electron chi connectivity index (χ2n) is 5.88. The van der Waals surface area contributed by atoms with E-state index in [1.54, 1.807) is 37.9 Å². The summed E-state index contributed by atoms with van der Waals surface area (Å²) >= 11 is 3.17. The van der Waals surface area contributed by atoms with Crippen molar-refractivity contribution in [2.24, 2.45) is 0 Å². The number of likely N-dealkylation sites (N-methyl/N-ethyl adjacent to an activating group) is 1. The Labute approximate surface area is 159 Å². The molecule has 2 aromatic rings. The third kappa shape index (κ3) is 4.70. The Morgan fingerprint density at radius 1 is 1.38 bits per heavy atom. The number of rotatable bonds is 6. The van der Waals surface area contributed by atoms with E-state index in [4.69, 9.17) is 9.15 Å². The normalized spacial score (nSPS) is 12.1. The number of furan rings is 1. The molecular formula is C18H20BrFN2O4. The summed E-state index contributed by atoms with van der Waals surface area (Å²) in [5.41, 5.74) is 0.463. The number of hydrogen-bond donors (Lipinski definition) is 1. The molecular weight excluding hydrogens is 407 g/mol. The van der Waals surface area contributed by atoms with Gasteiger partial charge in [-0.05, 0) is 45.2 Å². The van der Waals surface area contributed by atoms with E-state index in [9.17, 15) is 14.0 Å². The number of carbonyl (C=O) groups is 2. The van der Waals surface area contributed by atoms with Crippen molar-refractivity contribution < 1.29 is 23.1 Å². The number of carbonyl (C=O) groups excluding carboxylic acids is 2. The first-order valence-corrected chi connectivity index (χ1v) is 8.66.